The molecule has 10 heteroatoms. The first-order chi connectivity index (χ1) is 16.5. The van der Waals surface area contributed by atoms with E-state index in [1.165, 1.54) is 13.3 Å². The number of imidazole rings is 1. The van der Waals surface area contributed by atoms with Crippen molar-refractivity contribution in [2.45, 2.75) is 6.92 Å². The summed E-state index contributed by atoms with van der Waals surface area (Å²) in [4.78, 5) is 21.2. The second-order valence-electron chi connectivity index (χ2n) is 7.27. The molecule has 0 atom stereocenters. The Morgan fingerprint density at radius 1 is 1.12 bits per heavy atom. The summed E-state index contributed by atoms with van der Waals surface area (Å²) in [7, 11) is 3.24. The molecule has 0 aliphatic rings. The van der Waals surface area contributed by atoms with Gasteiger partial charge in [-0.05, 0) is 13.0 Å². The highest BCUT2D eigenvalue weighted by Gasteiger charge is 2.23. The fourth-order valence-corrected chi connectivity index (χ4v) is 3.96. The molecule has 4 heterocycles. The molecule has 32 heavy (non-hydrogen) atoms. The Hall–Kier alpha value is -4.08. The van der Waals surface area contributed by atoms with Gasteiger partial charge in [0.1, 0.15) is 11.4 Å². The molecule has 5 aromatic rings. The number of pyridine rings is 2. The molecule has 162 valence electrons. The summed E-state index contributed by atoms with van der Waals surface area (Å²) in [6.07, 6.45) is 4.46. The van der Waals surface area contributed by atoms with E-state index < -0.39 is 30.0 Å². The minimum absolute atomic E-state index is 0.0226. The van der Waals surface area contributed by atoms with Crippen LogP contribution in [0.2, 0.25) is 0 Å². The number of halogens is 2. The molecule has 0 aliphatic carbocycles. The molecule has 1 aromatic carbocycles. The summed E-state index contributed by atoms with van der Waals surface area (Å²) in [5.41, 5.74) is 0.293. The van der Waals surface area contributed by atoms with E-state index in [0.717, 1.165) is 12.4 Å². The van der Waals surface area contributed by atoms with E-state index in [-0.39, 0.29) is 16.4 Å². The van der Waals surface area contributed by atoms with Crippen molar-refractivity contribution in [3.63, 3.8) is 0 Å². The van der Waals surface area contributed by atoms with E-state index in [1.807, 2.05) is 0 Å². The minimum Gasteiger partial charge on any atom is -0.496 e. The highest BCUT2D eigenvalue weighted by atomic mass is 19.1. The second-order valence-corrected chi connectivity index (χ2v) is 7.27. The first-order valence-corrected chi connectivity index (χ1v) is 9.47. The standard InChI is InChI=1S/C22H18F2N6O2/c1-11-14(10-28(2)27-11)12-5-13-17(6-19(12)32-4)26-9-18-20(13)30(22(31)29(18)3)21-15(23)7-25-8-16(21)24/h5-10H,1-4H3/i3D3. The third-order valence-electron chi connectivity index (χ3n) is 5.34. The number of aromatic nitrogens is 6. The van der Waals surface area contributed by atoms with Crippen molar-refractivity contribution >= 4 is 21.9 Å². The molecule has 8 nitrogen and oxygen atoms in total. The van der Waals surface area contributed by atoms with Crippen LogP contribution < -0.4 is 10.4 Å². The van der Waals surface area contributed by atoms with Gasteiger partial charge >= 0.3 is 5.69 Å². The zero-order chi connectivity index (χ0) is 25.2. The number of aryl methyl sites for hydroxylation is 3. The van der Waals surface area contributed by atoms with Crippen LogP contribution in [-0.2, 0) is 14.0 Å². The van der Waals surface area contributed by atoms with Crippen LogP contribution in [0.15, 0.2) is 41.7 Å². The predicted molar refractivity (Wildman–Crippen MR) is 115 cm³/mol. The number of benzene rings is 1. The molecule has 0 N–H and O–H groups in total. The fraction of sp³-hybridized carbons (Fsp3) is 0.182. The maximum Gasteiger partial charge on any atom is 0.333 e. The molecular formula is C22H18F2N6O2. The Balaban J connectivity index is 2.02. The second kappa shape index (κ2) is 6.98. The average molecular weight is 439 g/mol. The van der Waals surface area contributed by atoms with Gasteiger partial charge in [-0.1, -0.05) is 0 Å². The van der Waals surface area contributed by atoms with Crippen molar-refractivity contribution in [3.05, 3.63) is 64.7 Å². The highest BCUT2D eigenvalue weighted by molar-refractivity contribution is 6.05. The van der Waals surface area contributed by atoms with Crippen LogP contribution in [0, 0.1) is 18.6 Å². The van der Waals surface area contributed by atoms with Crippen LogP contribution in [-0.4, -0.2) is 36.0 Å². The smallest absolute Gasteiger partial charge is 0.333 e. The maximum absolute atomic E-state index is 14.8. The largest absolute Gasteiger partial charge is 0.496 e. The van der Waals surface area contributed by atoms with Crippen molar-refractivity contribution in [2.24, 2.45) is 14.0 Å². The summed E-state index contributed by atoms with van der Waals surface area (Å²) < 4.78 is 61.6. The maximum atomic E-state index is 14.8. The molecule has 0 amide bonds. The van der Waals surface area contributed by atoms with Crippen molar-refractivity contribution in [1.82, 2.24) is 28.9 Å². The number of hydrogen-bond acceptors (Lipinski definition) is 5. The van der Waals surface area contributed by atoms with E-state index in [2.05, 4.69) is 15.1 Å². The molecule has 0 spiro atoms. The van der Waals surface area contributed by atoms with Gasteiger partial charge in [-0.15, -0.1) is 0 Å². The SMILES string of the molecule is [2H]C([2H])([2H])n1c(=O)n(-c2c(F)cncc2F)c2c3cc(-c4cn(C)nc4C)c(OC)cc3ncc21. The molecule has 0 saturated heterocycles. The van der Waals surface area contributed by atoms with Gasteiger partial charge in [0.2, 0.25) is 0 Å². The number of rotatable bonds is 3. The molecule has 0 bridgehead atoms. The molecular weight excluding hydrogens is 418 g/mol. The van der Waals surface area contributed by atoms with Crippen LogP contribution in [0.1, 0.15) is 9.81 Å². The Morgan fingerprint density at radius 3 is 2.50 bits per heavy atom. The number of hydrogen-bond donors (Lipinski definition) is 0. The Kier molecular flexibility index (Phi) is 3.62. The van der Waals surface area contributed by atoms with Gasteiger partial charge in [0.15, 0.2) is 11.6 Å². The lowest BCUT2D eigenvalue weighted by molar-refractivity contribution is 0.417. The zero-order valence-corrected chi connectivity index (χ0v) is 17.2. The molecule has 5 rings (SSSR count). The van der Waals surface area contributed by atoms with Crippen molar-refractivity contribution in [3.8, 4) is 22.6 Å². The number of fused-ring (bicyclic) bond motifs is 3. The van der Waals surface area contributed by atoms with Gasteiger partial charge < -0.3 is 4.74 Å². The lowest BCUT2D eigenvalue weighted by Crippen LogP contribution is -2.22. The Labute approximate surface area is 184 Å². The molecule has 0 aliphatic heterocycles. The summed E-state index contributed by atoms with van der Waals surface area (Å²) in [6, 6.07) is 3.25. The third kappa shape index (κ3) is 2.72. The van der Waals surface area contributed by atoms with Gasteiger partial charge in [-0.2, -0.15) is 5.10 Å². The first-order valence-electron chi connectivity index (χ1n) is 11.0. The quantitative estimate of drug-likeness (QED) is 0.431. The number of ether oxygens (including phenoxy) is 1. The van der Waals surface area contributed by atoms with Crippen molar-refractivity contribution in [1.29, 1.82) is 0 Å². The molecule has 0 saturated carbocycles. The molecule has 0 fully saturated rings. The first kappa shape index (κ1) is 16.6. The van der Waals surface area contributed by atoms with Crippen molar-refractivity contribution in [2.75, 3.05) is 7.11 Å². The third-order valence-corrected chi connectivity index (χ3v) is 5.34. The number of methoxy groups -OCH3 is 1. The van der Waals surface area contributed by atoms with E-state index >= 15 is 0 Å². The monoisotopic (exact) mass is 439 g/mol. The van der Waals surface area contributed by atoms with Crippen LogP contribution in [0.3, 0.4) is 0 Å². The van der Waals surface area contributed by atoms with Gasteiger partial charge in [0, 0.05) is 46.9 Å². The van der Waals surface area contributed by atoms with Crippen LogP contribution in [0.4, 0.5) is 8.78 Å². The number of nitrogens with zero attached hydrogens (tertiary/aromatic N) is 6. The van der Waals surface area contributed by atoms with E-state index in [4.69, 9.17) is 8.85 Å². The molecule has 0 radical (unpaired) electrons. The van der Waals surface area contributed by atoms with Gasteiger partial charge in [0.05, 0.1) is 47.9 Å². The lowest BCUT2D eigenvalue weighted by Gasteiger charge is -2.12. The van der Waals surface area contributed by atoms with Crippen LogP contribution in [0.25, 0.3) is 38.8 Å². The Bertz CT molecular complexity index is 1680. The van der Waals surface area contributed by atoms with E-state index in [0.29, 0.717) is 37.2 Å². The zero-order valence-electron chi connectivity index (χ0n) is 20.2. The average Bonchev–Trinajstić information content (AvgIpc) is 3.28. The molecule has 4 aromatic heterocycles. The van der Waals surface area contributed by atoms with Crippen LogP contribution >= 0.6 is 0 Å². The highest BCUT2D eigenvalue weighted by Crippen LogP contribution is 2.37. The summed E-state index contributed by atoms with van der Waals surface area (Å²) in [5, 5.41) is 4.64. The summed E-state index contributed by atoms with van der Waals surface area (Å²) in [6.45, 7) is -1.13. The van der Waals surface area contributed by atoms with Crippen LogP contribution in [0.5, 0.6) is 5.75 Å². The van der Waals surface area contributed by atoms with Gasteiger partial charge in [-0.25, -0.2) is 13.6 Å². The van der Waals surface area contributed by atoms with E-state index in [1.54, 1.807) is 37.0 Å². The van der Waals surface area contributed by atoms with E-state index in [9.17, 15) is 13.6 Å². The lowest BCUT2D eigenvalue weighted by atomic mass is 10.0. The summed E-state index contributed by atoms with van der Waals surface area (Å²) >= 11 is 0. The fourth-order valence-electron chi connectivity index (χ4n) is 3.96. The van der Waals surface area contributed by atoms with Gasteiger partial charge in [-0.3, -0.25) is 23.8 Å². The Morgan fingerprint density at radius 2 is 1.88 bits per heavy atom. The predicted octanol–water partition coefficient (Wildman–Crippen LogP) is 3.27. The summed E-state index contributed by atoms with van der Waals surface area (Å²) in [5.74, 6) is -1.80. The normalized spacial score (nSPS) is 13.3. The van der Waals surface area contributed by atoms with Gasteiger partial charge in [0.25, 0.3) is 0 Å². The molecule has 0 unspecified atom stereocenters. The topological polar surface area (TPSA) is 79.8 Å². The van der Waals surface area contributed by atoms with Crippen molar-refractivity contribution < 1.29 is 17.6 Å². The minimum atomic E-state index is -2.94.